The van der Waals surface area contributed by atoms with Crippen LogP contribution in [0.3, 0.4) is 0 Å². The molecule has 0 aliphatic rings. The van der Waals surface area contributed by atoms with Gasteiger partial charge >= 0.3 is 5.69 Å². The summed E-state index contributed by atoms with van der Waals surface area (Å²) in [5.74, 6) is 0. The van der Waals surface area contributed by atoms with Gasteiger partial charge in [-0.05, 0) is 18.2 Å². The maximum absolute atomic E-state index is 12.8. The Morgan fingerprint density at radius 1 is 0.913 bits per heavy atom. The molecular weight excluding hydrogens is 298 g/mol. The van der Waals surface area contributed by atoms with E-state index in [0.717, 1.165) is 11.1 Å². The van der Waals surface area contributed by atoms with Crippen LogP contribution in [0.5, 0.6) is 0 Å². The van der Waals surface area contributed by atoms with Crippen molar-refractivity contribution in [3.8, 4) is 0 Å². The first kappa shape index (κ1) is 13.4. The molecule has 116 valence electrons. The lowest BCUT2D eigenvalue weighted by molar-refractivity contribution is 0.556. The third kappa shape index (κ3) is 2.22. The number of hydrogen-bond donors (Lipinski definition) is 1. The van der Waals surface area contributed by atoms with Crippen LogP contribution in [0.1, 0.15) is 11.1 Å². The fourth-order valence-electron chi connectivity index (χ4n) is 2.65. The number of nitrogens with zero attached hydrogens (tertiary/aromatic N) is 2. The molecule has 0 unspecified atom stereocenters. The molecule has 7 heteroatoms. The summed E-state index contributed by atoms with van der Waals surface area (Å²) in [6.45, 7) is 0.490. The standard InChI is InChI=1S/C16H13N3O4/c20-15-14-13(1-4-17-14)18(7-11-2-5-22-9-11)16(21)19(15)8-12-3-6-23-10-12/h1-6,9-10,17H,7-8H2. The molecule has 4 heterocycles. The van der Waals surface area contributed by atoms with Gasteiger partial charge in [0.1, 0.15) is 5.52 Å². The normalized spacial score (nSPS) is 11.3. The summed E-state index contributed by atoms with van der Waals surface area (Å²) in [4.78, 5) is 28.3. The van der Waals surface area contributed by atoms with E-state index in [9.17, 15) is 9.59 Å². The van der Waals surface area contributed by atoms with Crippen LogP contribution < -0.4 is 11.2 Å². The van der Waals surface area contributed by atoms with Gasteiger partial charge in [-0.2, -0.15) is 0 Å². The predicted octanol–water partition coefficient (Wildman–Crippen LogP) is 1.77. The van der Waals surface area contributed by atoms with Crippen molar-refractivity contribution in [1.82, 2.24) is 14.1 Å². The smallest absolute Gasteiger partial charge is 0.332 e. The molecule has 4 aromatic rings. The van der Waals surface area contributed by atoms with E-state index in [4.69, 9.17) is 8.83 Å². The van der Waals surface area contributed by atoms with Crippen LogP contribution in [-0.2, 0) is 13.1 Å². The van der Waals surface area contributed by atoms with Crippen molar-refractivity contribution < 1.29 is 8.83 Å². The molecule has 7 nitrogen and oxygen atoms in total. The summed E-state index contributed by atoms with van der Waals surface area (Å²) < 4.78 is 12.8. The fourth-order valence-corrected chi connectivity index (χ4v) is 2.65. The van der Waals surface area contributed by atoms with E-state index in [1.165, 1.54) is 17.1 Å². The highest BCUT2D eigenvalue weighted by Gasteiger charge is 2.15. The minimum atomic E-state index is -0.371. The molecule has 4 aromatic heterocycles. The van der Waals surface area contributed by atoms with Gasteiger partial charge in [0.25, 0.3) is 5.56 Å². The number of nitrogens with one attached hydrogen (secondary N) is 1. The molecule has 0 radical (unpaired) electrons. The summed E-state index contributed by atoms with van der Waals surface area (Å²) >= 11 is 0. The average Bonchev–Trinajstić information content (AvgIpc) is 3.30. The van der Waals surface area contributed by atoms with Crippen LogP contribution in [0.25, 0.3) is 11.0 Å². The second-order valence-corrected chi connectivity index (χ2v) is 5.26. The Morgan fingerprint density at radius 3 is 2.17 bits per heavy atom. The lowest BCUT2D eigenvalue weighted by Crippen LogP contribution is -2.40. The van der Waals surface area contributed by atoms with Crippen molar-refractivity contribution in [3.05, 3.63) is 81.4 Å². The van der Waals surface area contributed by atoms with Crippen LogP contribution in [-0.4, -0.2) is 14.1 Å². The predicted molar refractivity (Wildman–Crippen MR) is 82.4 cm³/mol. The monoisotopic (exact) mass is 311 g/mol. The Hall–Kier alpha value is -3.22. The number of fused-ring (bicyclic) bond motifs is 1. The summed E-state index contributed by atoms with van der Waals surface area (Å²) in [7, 11) is 0. The first-order valence-corrected chi connectivity index (χ1v) is 7.07. The summed E-state index contributed by atoms with van der Waals surface area (Å²) in [6.07, 6.45) is 7.81. The summed E-state index contributed by atoms with van der Waals surface area (Å²) in [5.41, 5.74) is 1.86. The fraction of sp³-hybridized carbons (Fsp3) is 0.125. The van der Waals surface area contributed by atoms with E-state index in [1.807, 2.05) is 0 Å². The summed E-state index contributed by atoms with van der Waals surface area (Å²) in [5, 5.41) is 0. The van der Waals surface area contributed by atoms with Gasteiger partial charge in [-0.1, -0.05) is 0 Å². The Labute approximate surface area is 129 Å². The van der Waals surface area contributed by atoms with Crippen molar-refractivity contribution in [2.75, 3.05) is 0 Å². The zero-order chi connectivity index (χ0) is 15.8. The second-order valence-electron chi connectivity index (χ2n) is 5.26. The van der Waals surface area contributed by atoms with Gasteiger partial charge in [0.2, 0.25) is 0 Å². The maximum Gasteiger partial charge on any atom is 0.332 e. The van der Waals surface area contributed by atoms with E-state index in [0.29, 0.717) is 17.6 Å². The van der Waals surface area contributed by atoms with E-state index >= 15 is 0 Å². The molecule has 1 N–H and O–H groups in total. The number of H-pyrrole nitrogens is 1. The first-order valence-electron chi connectivity index (χ1n) is 7.07. The molecule has 0 saturated carbocycles. The molecule has 0 fully saturated rings. The maximum atomic E-state index is 12.8. The lowest BCUT2D eigenvalue weighted by Gasteiger charge is -2.10. The van der Waals surface area contributed by atoms with Crippen molar-refractivity contribution in [2.24, 2.45) is 0 Å². The van der Waals surface area contributed by atoms with Gasteiger partial charge in [-0.3, -0.25) is 13.9 Å². The zero-order valence-corrected chi connectivity index (χ0v) is 12.1. The lowest BCUT2D eigenvalue weighted by atomic mass is 10.3. The highest BCUT2D eigenvalue weighted by molar-refractivity contribution is 5.74. The second kappa shape index (κ2) is 5.20. The molecule has 23 heavy (non-hydrogen) atoms. The third-order valence-electron chi connectivity index (χ3n) is 3.78. The Morgan fingerprint density at radius 2 is 1.57 bits per heavy atom. The SMILES string of the molecule is O=c1c2[nH]ccc2n(Cc2ccoc2)c(=O)n1Cc1ccoc1. The van der Waals surface area contributed by atoms with Crippen LogP contribution in [0.2, 0.25) is 0 Å². The van der Waals surface area contributed by atoms with Crippen LogP contribution in [0, 0.1) is 0 Å². The molecule has 0 saturated heterocycles. The number of aromatic amines is 1. The van der Waals surface area contributed by atoms with Crippen LogP contribution in [0.15, 0.2) is 67.9 Å². The molecule has 0 bridgehead atoms. The van der Waals surface area contributed by atoms with Gasteiger partial charge in [-0.15, -0.1) is 0 Å². The molecular formula is C16H13N3O4. The minimum Gasteiger partial charge on any atom is -0.472 e. The van der Waals surface area contributed by atoms with Crippen LogP contribution in [0.4, 0.5) is 0 Å². The van der Waals surface area contributed by atoms with Crippen molar-refractivity contribution in [3.63, 3.8) is 0 Å². The van der Waals surface area contributed by atoms with E-state index < -0.39 is 0 Å². The first-order chi connectivity index (χ1) is 11.2. The quantitative estimate of drug-likeness (QED) is 0.622. The average molecular weight is 311 g/mol. The molecule has 0 amide bonds. The topological polar surface area (TPSA) is 86.1 Å². The van der Waals surface area contributed by atoms with E-state index in [1.54, 1.807) is 41.5 Å². The Kier molecular flexibility index (Phi) is 3.04. The van der Waals surface area contributed by atoms with Gasteiger partial charge < -0.3 is 13.8 Å². The number of furan rings is 2. The highest BCUT2D eigenvalue weighted by Crippen LogP contribution is 2.10. The van der Waals surface area contributed by atoms with E-state index in [2.05, 4.69) is 4.98 Å². The van der Waals surface area contributed by atoms with Gasteiger partial charge in [0.05, 0.1) is 43.7 Å². The molecule has 0 aliphatic heterocycles. The van der Waals surface area contributed by atoms with Crippen molar-refractivity contribution in [1.29, 1.82) is 0 Å². The van der Waals surface area contributed by atoms with Crippen molar-refractivity contribution in [2.45, 2.75) is 13.1 Å². The highest BCUT2D eigenvalue weighted by atomic mass is 16.3. The van der Waals surface area contributed by atoms with Crippen molar-refractivity contribution >= 4 is 11.0 Å². The van der Waals surface area contributed by atoms with Gasteiger partial charge in [0, 0.05) is 17.3 Å². The molecule has 0 spiro atoms. The zero-order valence-electron chi connectivity index (χ0n) is 12.1. The molecule has 0 atom stereocenters. The van der Waals surface area contributed by atoms with Crippen LogP contribution >= 0.6 is 0 Å². The van der Waals surface area contributed by atoms with E-state index in [-0.39, 0.29) is 17.8 Å². The van der Waals surface area contributed by atoms with Gasteiger partial charge in [0.15, 0.2) is 0 Å². The number of aromatic nitrogens is 3. The molecule has 0 aliphatic carbocycles. The number of hydrogen-bond acceptors (Lipinski definition) is 4. The Bertz CT molecular complexity index is 1050. The molecule has 4 rings (SSSR count). The summed E-state index contributed by atoms with van der Waals surface area (Å²) in [6, 6.07) is 5.24. The van der Waals surface area contributed by atoms with Gasteiger partial charge in [-0.25, -0.2) is 4.79 Å². The Balaban J connectivity index is 1.92. The minimum absolute atomic E-state index is 0.161. The molecule has 0 aromatic carbocycles. The third-order valence-corrected chi connectivity index (χ3v) is 3.78. The largest absolute Gasteiger partial charge is 0.472 e. The number of rotatable bonds is 4.